The summed E-state index contributed by atoms with van der Waals surface area (Å²) in [6, 6.07) is 11.4. The predicted molar refractivity (Wildman–Crippen MR) is 93.2 cm³/mol. The Kier molecular flexibility index (Phi) is 4.57. The minimum absolute atomic E-state index is 0.106. The molecule has 1 amide bonds. The number of aromatic nitrogens is 1. The van der Waals surface area contributed by atoms with E-state index in [-0.39, 0.29) is 29.5 Å². The first kappa shape index (κ1) is 16.1. The zero-order chi connectivity index (χ0) is 17.1. The van der Waals surface area contributed by atoms with Gasteiger partial charge in [0.2, 0.25) is 0 Å². The van der Waals surface area contributed by atoms with Gasteiger partial charge in [0, 0.05) is 11.8 Å². The maximum absolute atomic E-state index is 13.8. The molecule has 0 bridgehead atoms. The van der Waals surface area contributed by atoms with Crippen molar-refractivity contribution in [1.82, 2.24) is 4.57 Å². The molecule has 4 nitrogen and oxygen atoms in total. The number of pyridine rings is 1. The molecule has 0 aliphatic heterocycles. The molecule has 24 heavy (non-hydrogen) atoms. The van der Waals surface area contributed by atoms with Crippen LogP contribution < -0.4 is 10.9 Å². The lowest BCUT2D eigenvalue weighted by atomic mass is 10.2. The Balaban J connectivity index is 1.92. The summed E-state index contributed by atoms with van der Waals surface area (Å²) in [6.45, 7) is 1.92. The van der Waals surface area contributed by atoms with Crippen LogP contribution in [0.1, 0.15) is 20.8 Å². The molecule has 0 aliphatic carbocycles. The number of benzene rings is 1. The second kappa shape index (κ2) is 6.80. The topological polar surface area (TPSA) is 51.1 Å². The number of anilines is 1. The number of carbonyl (C=O) groups excluding carboxylic acids is 1. The predicted octanol–water partition coefficient (Wildman–Crippen LogP) is 3.66. The fraction of sp³-hybridized carbons (Fsp3) is 0.111. The van der Waals surface area contributed by atoms with Gasteiger partial charge >= 0.3 is 0 Å². The highest BCUT2D eigenvalue weighted by atomic mass is 32.1. The molecule has 1 N–H and O–H groups in total. The fourth-order valence-electron chi connectivity index (χ4n) is 2.39. The van der Waals surface area contributed by atoms with E-state index in [0.29, 0.717) is 10.4 Å². The minimum atomic E-state index is -0.367. The van der Waals surface area contributed by atoms with Crippen LogP contribution in [0.2, 0.25) is 0 Å². The highest BCUT2D eigenvalue weighted by molar-refractivity contribution is 7.12. The lowest BCUT2D eigenvalue weighted by molar-refractivity contribution is 0.103. The van der Waals surface area contributed by atoms with Crippen molar-refractivity contribution >= 4 is 22.9 Å². The summed E-state index contributed by atoms with van der Waals surface area (Å²) >= 11 is 1.30. The van der Waals surface area contributed by atoms with Crippen molar-refractivity contribution in [3.8, 4) is 0 Å². The summed E-state index contributed by atoms with van der Waals surface area (Å²) < 4.78 is 15.2. The van der Waals surface area contributed by atoms with Crippen molar-refractivity contribution in [3.63, 3.8) is 0 Å². The molecule has 122 valence electrons. The highest BCUT2D eigenvalue weighted by Crippen LogP contribution is 2.13. The average molecular weight is 342 g/mol. The van der Waals surface area contributed by atoms with Gasteiger partial charge in [-0.1, -0.05) is 24.3 Å². The summed E-state index contributed by atoms with van der Waals surface area (Å²) in [6.07, 6.45) is 1.65. The molecule has 6 heteroatoms. The Labute approximate surface area is 142 Å². The second-order valence-corrected chi connectivity index (χ2v) is 6.33. The molecule has 0 saturated carbocycles. The molecular formula is C18H15FN2O2S. The molecule has 0 atom stereocenters. The summed E-state index contributed by atoms with van der Waals surface area (Å²) in [5.74, 6) is -0.694. The first-order valence-electron chi connectivity index (χ1n) is 7.34. The highest BCUT2D eigenvalue weighted by Gasteiger charge is 2.12. The van der Waals surface area contributed by atoms with E-state index in [4.69, 9.17) is 0 Å². The normalized spacial score (nSPS) is 10.6. The molecule has 0 saturated heterocycles. The number of nitrogens with one attached hydrogen (secondary N) is 1. The lowest BCUT2D eigenvalue weighted by Gasteiger charge is -2.11. The van der Waals surface area contributed by atoms with Crippen LogP contribution in [-0.2, 0) is 6.54 Å². The van der Waals surface area contributed by atoms with E-state index in [1.807, 2.05) is 6.92 Å². The molecule has 3 rings (SSSR count). The summed E-state index contributed by atoms with van der Waals surface area (Å²) in [5.41, 5.74) is 1.03. The standard InChI is InChI=1S/C18H15FN2O2S/c1-12-9-15(20-17(22)16-7-4-8-24-16)18(23)21(10-12)11-13-5-2-3-6-14(13)19/h2-10H,11H2,1H3,(H,20,22). The third kappa shape index (κ3) is 3.44. The van der Waals surface area contributed by atoms with Gasteiger partial charge in [0.25, 0.3) is 11.5 Å². The molecule has 2 heterocycles. The van der Waals surface area contributed by atoms with Gasteiger partial charge in [-0.15, -0.1) is 11.3 Å². The smallest absolute Gasteiger partial charge is 0.274 e. The van der Waals surface area contributed by atoms with Gasteiger partial charge in [0.05, 0.1) is 11.4 Å². The third-order valence-electron chi connectivity index (χ3n) is 3.51. The van der Waals surface area contributed by atoms with E-state index in [0.717, 1.165) is 5.56 Å². The van der Waals surface area contributed by atoms with E-state index in [2.05, 4.69) is 5.32 Å². The Bertz CT molecular complexity index is 932. The minimum Gasteiger partial charge on any atom is -0.317 e. The van der Waals surface area contributed by atoms with Crippen molar-refractivity contribution < 1.29 is 9.18 Å². The van der Waals surface area contributed by atoms with Crippen LogP contribution in [0.3, 0.4) is 0 Å². The number of carbonyl (C=O) groups is 1. The van der Waals surface area contributed by atoms with Gasteiger partial charge in [0.1, 0.15) is 11.5 Å². The molecule has 0 radical (unpaired) electrons. The number of hydrogen-bond donors (Lipinski definition) is 1. The Morgan fingerprint density at radius 3 is 2.75 bits per heavy atom. The quantitative estimate of drug-likeness (QED) is 0.787. The largest absolute Gasteiger partial charge is 0.317 e. The number of thiophene rings is 1. The SMILES string of the molecule is Cc1cc(NC(=O)c2cccs2)c(=O)n(Cc2ccccc2F)c1. The van der Waals surface area contributed by atoms with Crippen LogP contribution in [0.5, 0.6) is 0 Å². The third-order valence-corrected chi connectivity index (χ3v) is 4.38. The maximum Gasteiger partial charge on any atom is 0.274 e. The summed E-state index contributed by atoms with van der Waals surface area (Å²) in [4.78, 5) is 25.2. The van der Waals surface area contributed by atoms with Crippen molar-refractivity contribution in [2.45, 2.75) is 13.5 Å². The monoisotopic (exact) mass is 342 g/mol. The van der Waals surface area contributed by atoms with E-state index in [1.165, 1.54) is 22.0 Å². The van der Waals surface area contributed by atoms with Gasteiger partial charge in [-0.05, 0) is 36.1 Å². The van der Waals surface area contributed by atoms with Crippen molar-refractivity contribution in [2.75, 3.05) is 5.32 Å². The van der Waals surface area contributed by atoms with E-state index < -0.39 is 0 Å². The molecule has 0 unspecified atom stereocenters. The van der Waals surface area contributed by atoms with Gasteiger partial charge in [-0.3, -0.25) is 9.59 Å². The van der Waals surface area contributed by atoms with Crippen LogP contribution in [0.15, 0.2) is 58.8 Å². The molecule has 0 aliphatic rings. The number of halogens is 1. The number of nitrogens with zero attached hydrogens (tertiary/aromatic N) is 1. The van der Waals surface area contributed by atoms with Crippen molar-refractivity contribution in [2.24, 2.45) is 0 Å². The Hall–Kier alpha value is -2.73. The van der Waals surface area contributed by atoms with Gasteiger partial charge in [-0.25, -0.2) is 4.39 Å². The van der Waals surface area contributed by atoms with Gasteiger partial charge < -0.3 is 9.88 Å². The number of aryl methyl sites for hydroxylation is 1. The molecular weight excluding hydrogens is 327 g/mol. The summed E-state index contributed by atoms with van der Waals surface area (Å²) in [7, 11) is 0. The van der Waals surface area contributed by atoms with Crippen molar-refractivity contribution in [1.29, 1.82) is 0 Å². The average Bonchev–Trinajstić information content (AvgIpc) is 3.08. The fourth-order valence-corrected chi connectivity index (χ4v) is 3.01. The molecule has 3 aromatic rings. The zero-order valence-electron chi connectivity index (χ0n) is 13.0. The Morgan fingerprint density at radius 1 is 1.25 bits per heavy atom. The molecule has 1 aromatic carbocycles. The summed E-state index contributed by atoms with van der Waals surface area (Å²) in [5, 5.41) is 4.43. The number of amides is 1. The van der Waals surface area contributed by atoms with E-state index in [9.17, 15) is 14.0 Å². The molecule has 0 spiro atoms. The van der Waals surface area contributed by atoms with Crippen molar-refractivity contribution in [3.05, 3.63) is 86.2 Å². The number of hydrogen-bond acceptors (Lipinski definition) is 3. The first-order chi connectivity index (χ1) is 11.5. The van der Waals surface area contributed by atoms with Gasteiger partial charge in [0.15, 0.2) is 0 Å². The number of rotatable bonds is 4. The van der Waals surface area contributed by atoms with Crippen LogP contribution in [-0.4, -0.2) is 10.5 Å². The molecule has 0 fully saturated rings. The van der Waals surface area contributed by atoms with Crippen LogP contribution in [0.4, 0.5) is 10.1 Å². The maximum atomic E-state index is 13.8. The molecule has 2 aromatic heterocycles. The van der Waals surface area contributed by atoms with Gasteiger partial charge in [-0.2, -0.15) is 0 Å². The second-order valence-electron chi connectivity index (χ2n) is 5.39. The van der Waals surface area contributed by atoms with E-state index >= 15 is 0 Å². The zero-order valence-corrected chi connectivity index (χ0v) is 13.8. The lowest BCUT2D eigenvalue weighted by Crippen LogP contribution is -2.26. The van der Waals surface area contributed by atoms with Crippen LogP contribution in [0, 0.1) is 12.7 Å². The Morgan fingerprint density at radius 2 is 2.04 bits per heavy atom. The van der Waals surface area contributed by atoms with Crippen LogP contribution >= 0.6 is 11.3 Å². The van der Waals surface area contributed by atoms with Crippen LogP contribution in [0.25, 0.3) is 0 Å². The van der Waals surface area contributed by atoms with E-state index in [1.54, 1.807) is 48.0 Å². The first-order valence-corrected chi connectivity index (χ1v) is 8.22.